The van der Waals surface area contributed by atoms with E-state index >= 15 is 0 Å². The van der Waals surface area contributed by atoms with Crippen LogP contribution in [0.1, 0.15) is 46.6 Å². The number of aromatic nitrogens is 3. The lowest BCUT2D eigenvalue weighted by molar-refractivity contribution is -0.119. The minimum Gasteiger partial charge on any atom is -0.364 e. The van der Waals surface area contributed by atoms with Crippen molar-refractivity contribution in [2.45, 2.75) is 53.5 Å². The summed E-state index contributed by atoms with van der Waals surface area (Å²) in [5.74, 6) is 1.44. The first-order valence-electron chi connectivity index (χ1n) is 10.8. The summed E-state index contributed by atoms with van der Waals surface area (Å²) in [6, 6.07) is 8.36. The van der Waals surface area contributed by atoms with Gasteiger partial charge in [-0.15, -0.1) is 5.10 Å². The normalized spacial score (nSPS) is 11.9. The highest BCUT2D eigenvalue weighted by Crippen LogP contribution is 2.34. The lowest BCUT2D eigenvalue weighted by atomic mass is 10.1. The highest BCUT2D eigenvalue weighted by atomic mass is 32.1. The van der Waals surface area contributed by atoms with Crippen LogP contribution in [0.5, 0.6) is 0 Å². The molecule has 0 aliphatic rings. The van der Waals surface area contributed by atoms with E-state index in [4.69, 9.17) is 10.1 Å². The molecule has 2 heterocycles. The Morgan fingerprint density at radius 2 is 1.90 bits per heavy atom. The van der Waals surface area contributed by atoms with E-state index in [0.717, 1.165) is 33.6 Å². The van der Waals surface area contributed by atoms with Crippen LogP contribution in [-0.4, -0.2) is 46.2 Å². The molecule has 0 atom stereocenters. The van der Waals surface area contributed by atoms with Crippen molar-refractivity contribution in [3.05, 3.63) is 29.8 Å². The van der Waals surface area contributed by atoms with E-state index in [1.165, 1.54) is 16.9 Å². The molecule has 3 aromatic rings. The third kappa shape index (κ3) is 5.97. The summed E-state index contributed by atoms with van der Waals surface area (Å²) in [6.07, 6.45) is 0.976. The molecule has 0 fully saturated rings. The monoisotopic (exact) mass is 442 g/mol. The van der Waals surface area contributed by atoms with Crippen molar-refractivity contribution < 1.29 is 4.79 Å². The lowest BCUT2D eigenvalue weighted by Gasteiger charge is -2.22. The predicted octanol–water partition coefficient (Wildman–Crippen LogP) is 4.58. The summed E-state index contributed by atoms with van der Waals surface area (Å²) < 4.78 is 1.85. The SMILES string of the molecule is Cc1ccc(-c2nc3sc(N(C)CC(=O)NCCC(C)C)nn3c2NC(C)(C)C)cc1. The van der Waals surface area contributed by atoms with Crippen molar-refractivity contribution in [2.75, 3.05) is 30.4 Å². The zero-order chi connectivity index (χ0) is 22.8. The number of nitrogens with one attached hydrogen (secondary N) is 2. The average Bonchev–Trinajstić information content (AvgIpc) is 3.20. The van der Waals surface area contributed by atoms with Gasteiger partial charge in [-0.05, 0) is 40.0 Å². The highest BCUT2D eigenvalue weighted by molar-refractivity contribution is 7.20. The molecule has 0 aliphatic carbocycles. The summed E-state index contributed by atoms with van der Waals surface area (Å²) in [5, 5.41) is 12.1. The van der Waals surface area contributed by atoms with Gasteiger partial charge in [-0.1, -0.05) is 55.0 Å². The first-order valence-corrected chi connectivity index (χ1v) is 11.6. The van der Waals surface area contributed by atoms with Gasteiger partial charge in [0.25, 0.3) is 0 Å². The van der Waals surface area contributed by atoms with Gasteiger partial charge in [0.15, 0.2) is 5.82 Å². The molecule has 0 saturated heterocycles. The Balaban J connectivity index is 1.86. The zero-order valence-corrected chi connectivity index (χ0v) is 20.4. The fourth-order valence-electron chi connectivity index (χ4n) is 3.11. The Labute approximate surface area is 188 Å². The molecule has 0 unspecified atom stereocenters. The Bertz CT molecular complexity index is 1030. The molecule has 7 nitrogen and oxygen atoms in total. The minimum absolute atomic E-state index is 0.00405. The summed E-state index contributed by atoms with van der Waals surface area (Å²) in [6.45, 7) is 13.7. The Kier molecular flexibility index (Phi) is 6.89. The fraction of sp³-hybridized carbons (Fsp3) is 0.522. The maximum absolute atomic E-state index is 12.3. The number of carbonyl (C=O) groups excluding carboxylic acids is 1. The van der Waals surface area contributed by atoms with Crippen LogP contribution in [0.25, 0.3) is 16.2 Å². The van der Waals surface area contributed by atoms with Gasteiger partial charge in [0.2, 0.25) is 16.0 Å². The van der Waals surface area contributed by atoms with Crippen molar-refractivity contribution >= 4 is 33.2 Å². The summed E-state index contributed by atoms with van der Waals surface area (Å²) in [7, 11) is 1.89. The van der Waals surface area contributed by atoms with Gasteiger partial charge in [-0.25, -0.2) is 4.98 Å². The van der Waals surface area contributed by atoms with Gasteiger partial charge in [0.1, 0.15) is 5.69 Å². The van der Waals surface area contributed by atoms with Crippen LogP contribution < -0.4 is 15.5 Å². The maximum atomic E-state index is 12.3. The van der Waals surface area contributed by atoms with Gasteiger partial charge in [-0.3, -0.25) is 4.79 Å². The molecule has 8 heteroatoms. The van der Waals surface area contributed by atoms with E-state index in [-0.39, 0.29) is 18.0 Å². The number of fused-ring (bicyclic) bond motifs is 1. The van der Waals surface area contributed by atoms with Crippen molar-refractivity contribution in [3.8, 4) is 11.3 Å². The van der Waals surface area contributed by atoms with Crippen molar-refractivity contribution in [2.24, 2.45) is 5.92 Å². The first kappa shape index (κ1) is 23.1. The van der Waals surface area contributed by atoms with E-state index in [9.17, 15) is 4.79 Å². The Hall–Kier alpha value is -2.61. The molecule has 0 spiro atoms. The van der Waals surface area contributed by atoms with Gasteiger partial charge in [0.05, 0.1) is 6.54 Å². The van der Waals surface area contributed by atoms with Gasteiger partial charge >= 0.3 is 0 Å². The van der Waals surface area contributed by atoms with Gasteiger partial charge in [-0.2, -0.15) is 4.52 Å². The number of amides is 1. The molecule has 0 radical (unpaired) electrons. The molecule has 168 valence electrons. The Morgan fingerprint density at radius 1 is 1.23 bits per heavy atom. The van der Waals surface area contributed by atoms with E-state index in [0.29, 0.717) is 12.5 Å². The number of likely N-dealkylation sites (N-methyl/N-ethyl adjacent to an activating group) is 1. The van der Waals surface area contributed by atoms with Crippen LogP contribution in [0.15, 0.2) is 24.3 Å². The van der Waals surface area contributed by atoms with Crippen LogP contribution in [0.4, 0.5) is 10.9 Å². The topological polar surface area (TPSA) is 74.6 Å². The van der Waals surface area contributed by atoms with Crippen LogP contribution in [0, 0.1) is 12.8 Å². The molecule has 0 bridgehead atoms. The average molecular weight is 443 g/mol. The number of aryl methyl sites for hydroxylation is 1. The summed E-state index contributed by atoms with van der Waals surface area (Å²) in [5.41, 5.74) is 2.99. The smallest absolute Gasteiger partial charge is 0.239 e. The number of rotatable bonds is 8. The summed E-state index contributed by atoms with van der Waals surface area (Å²) >= 11 is 1.48. The van der Waals surface area contributed by atoms with E-state index < -0.39 is 0 Å². The van der Waals surface area contributed by atoms with Crippen LogP contribution in [0.2, 0.25) is 0 Å². The second kappa shape index (κ2) is 9.26. The van der Waals surface area contributed by atoms with E-state index in [1.807, 2.05) is 16.5 Å². The predicted molar refractivity (Wildman–Crippen MR) is 130 cm³/mol. The van der Waals surface area contributed by atoms with Crippen LogP contribution in [-0.2, 0) is 4.79 Å². The quantitative estimate of drug-likeness (QED) is 0.534. The summed E-state index contributed by atoms with van der Waals surface area (Å²) in [4.78, 5) is 19.8. The highest BCUT2D eigenvalue weighted by Gasteiger charge is 2.23. The van der Waals surface area contributed by atoms with Crippen LogP contribution in [0.3, 0.4) is 0 Å². The van der Waals surface area contributed by atoms with Gasteiger partial charge < -0.3 is 15.5 Å². The maximum Gasteiger partial charge on any atom is 0.239 e. The number of benzene rings is 1. The molecular weight excluding hydrogens is 408 g/mol. The number of nitrogens with zero attached hydrogens (tertiary/aromatic N) is 4. The second-order valence-electron chi connectivity index (χ2n) is 9.52. The molecule has 1 aromatic carbocycles. The number of imidazole rings is 1. The van der Waals surface area contributed by atoms with E-state index in [2.05, 4.69) is 76.4 Å². The molecule has 2 aromatic heterocycles. The van der Waals surface area contributed by atoms with Crippen molar-refractivity contribution in [1.29, 1.82) is 0 Å². The van der Waals surface area contributed by atoms with Crippen LogP contribution >= 0.6 is 11.3 Å². The largest absolute Gasteiger partial charge is 0.364 e. The van der Waals surface area contributed by atoms with E-state index in [1.54, 1.807) is 0 Å². The lowest BCUT2D eigenvalue weighted by Crippen LogP contribution is -2.36. The van der Waals surface area contributed by atoms with Gasteiger partial charge in [0, 0.05) is 24.7 Å². The standard InChI is InChI=1S/C23H34N6OS/c1-15(2)12-13-24-18(30)14-28(7)22-27-29-20(26-23(4,5)6)19(25-21(29)31-22)17-10-8-16(3)9-11-17/h8-11,15,26H,12-14H2,1-7H3,(H,24,30). The van der Waals surface area contributed by atoms with Crippen molar-refractivity contribution in [1.82, 2.24) is 19.9 Å². The number of hydrogen-bond acceptors (Lipinski definition) is 6. The molecule has 3 rings (SSSR count). The molecule has 2 N–H and O–H groups in total. The Morgan fingerprint density at radius 3 is 2.52 bits per heavy atom. The zero-order valence-electron chi connectivity index (χ0n) is 19.6. The molecule has 31 heavy (non-hydrogen) atoms. The minimum atomic E-state index is -0.151. The first-order chi connectivity index (χ1) is 14.5. The molecule has 1 amide bonds. The van der Waals surface area contributed by atoms with Crippen molar-refractivity contribution in [3.63, 3.8) is 0 Å². The number of hydrogen-bond donors (Lipinski definition) is 2. The fourth-order valence-corrected chi connectivity index (χ4v) is 3.97. The number of carbonyl (C=O) groups is 1. The third-order valence-electron chi connectivity index (χ3n) is 4.76. The number of anilines is 2. The molecule has 0 saturated carbocycles. The molecule has 0 aliphatic heterocycles. The third-order valence-corrected chi connectivity index (χ3v) is 5.79. The second-order valence-corrected chi connectivity index (χ2v) is 10.5. The molecular formula is C23H34N6OS.